The van der Waals surface area contributed by atoms with Gasteiger partial charge >= 0.3 is 0 Å². The first kappa shape index (κ1) is 11.0. The smallest absolute Gasteiger partial charge is 0.0956 e. The van der Waals surface area contributed by atoms with E-state index in [1.54, 1.807) is 6.33 Å². The number of nitrogens with zero attached hydrogens (tertiary/aromatic N) is 3. The van der Waals surface area contributed by atoms with Crippen LogP contribution in [0.5, 0.6) is 0 Å². The fourth-order valence-electron chi connectivity index (χ4n) is 2.20. The normalized spacial score (nSPS) is 11.2. The second-order valence-corrected chi connectivity index (χ2v) is 4.35. The molecule has 0 amide bonds. The summed E-state index contributed by atoms with van der Waals surface area (Å²) >= 11 is 0. The number of H-pyrrole nitrogens is 1. The van der Waals surface area contributed by atoms with Crippen molar-refractivity contribution in [3.8, 4) is 11.3 Å². The fourth-order valence-corrected chi connectivity index (χ4v) is 2.20. The van der Waals surface area contributed by atoms with Crippen molar-refractivity contribution in [2.24, 2.45) is 12.8 Å². The van der Waals surface area contributed by atoms with E-state index in [9.17, 15) is 0 Å². The Balaban J connectivity index is 2.12. The Morgan fingerprint density at radius 2 is 2.28 bits per heavy atom. The van der Waals surface area contributed by atoms with Gasteiger partial charge in [0.25, 0.3) is 0 Å². The van der Waals surface area contributed by atoms with Gasteiger partial charge in [0, 0.05) is 18.8 Å². The Morgan fingerprint density at radius 1 is 1.39 bits per heavy atom. The summed E-state index contributed by atoms with van der Waals surface area (Å²) in [6, 6.07) is 6.12. The van der Waals surface area contributed by atoms with E-state index in [1.807, 2.05) is 30.1 Å². The summed E-state index contributed by atoms with van der Waals surface area (Å²) in [6.45, 7) is 0.630. The predicted molar refractivity (Wildman–Crippen MR) is 71.1 cm³/mol. The first-order valence-corrected chi connectivity index (χ1v) is 5.94. The lowest BCUT2D eigenvalue weighted by Gasteiger charge is -2.01. The van der Waals surface area contributed by atoms with Crippen LogP contribution in [0.1, 0.15) is 5.56 Å². The molecule has 5 heteroatoms. The van der Waals surface area contributed by atoms with Crippen molar-refractivity contribution in [3.63, 3.8) is 0 Å². The van der Waals surface area contributed by atoms with Crippen LogP contribution >= 0.6 is 0 Å². The summed E-state index contributed by atoms with van der Waals surface area (Å²) in [5.41, 5.74) is 10.9. The summed E-state index contributed by atoms with van der Waals surface area (Å²) in [7, 11) is 1.93. The number of nitrogens with two attached hydrogens (primary N) is 1. The topological polar surface area (TPSA) is 72.5 Å². The highest BCUT2D eigenvalue weighted by Crippen LogP contribution is 2.24. The monoisotopic (exact) mass is 241 g/mol. The van der Waals surface area contributed by atoms with E-state index in [1.165, 1.54) is 5.56 Å². The van der Waals surface area contributed by atoms with Crippen molar-refractivity contribution in [1.29, 1.82) is 0 Å². The van der Waals surface area contributed by atoms with E-state index < -0.39 is 0 Å². The van der Waals surface area contributed by atoms with Crippen molar-refractivity contribution in [2.75, 3.05) is 6.54 Å². The fraction of sp³-hybridized carbons (Fsp3) is 0.231. The molecule has 2 heterocycles. The Morgan fingerprint density at radius 3 is 3.11 bits per heavy atom. The number of nitrogens with one attached hydrogen (secondary N) is 1. The Hall–Kier alpha value is -2.14. The van der Waals surface area contributed by atoms with Gasteiger partial charge in [-0.3, -0.25) is 4.68 Å². The molecule has 0 saturated heterocycles. The summed E-state index contributed by atoms with van der Waals surface area (Å²) in [6.07, 6.45) is 4.57. The Labute approximate surface area is 105 Å². The molecule has 0 atom stereocenters. The molecule has 0 unspecified atom stereocenters. The van der Waals surface area contributed by atoms with Crippen molar-refractivity contribution in [2.45, 2.75) is 6.42 Å². The molecule has 3 N–H and O–H groups in total. The van der Waals surface area contributed by atoms with Gasteiger partial charge in [-0.25, -0.2) is 4.98 Å². The maximum absolute atomic E-state index is 5.64. The van der Waals surface area contributed by atoms with Gasteiger partial charge in [-0.2, -0.15) is 5.10 Å². The van der Waals surface area contributed by atoms with Gasteiger partial charge < -0.3 is 10.7 Å². The van der Waals surface area contributed by atoms with E-state index in [-0.39, 0.29) is 0 Å². The van der Waals surface area contributed by atoms with Gasteiger partial charge in [0.1, 0.15) is 0 Å². The van der Waals surface area contributed by atoms with Gasteiger partial charge in [0.2, 0.25) is 0 Å². The molecule has 0 aliphatic rings. The molecule has 0 aliphatic heterocycles. The van der Waals surface area contributed by atoms with Gasteiger partial charge in [0.15, 0.2) is 0 Å². The van der Waals surface area contributed by atoms with E-state index in [4.69, 9.17) is 5.73 Å². The van der Waals surface area contributed by atoms with Crippen molar-refractivity contribution in [1.82, 2.24) is 19.7 Å². The highest BCUT2D eigenvalue weighted by molar-refractivity contribution is 5.81. The Kier molecular flexibility index (Phi) is 2.60. The molecule has 0 saturated carbocycles. The predicted octanol–water partition coefficient (Wildman–Crippen LogP) is 1.46. The number of aromatic amines is 1. The molecule has 5 nitrogen and oxygen atoms in total. The number of benzene rings is 1. The lowest BCUT2D eigenvalue weighted by molar-refractivity contribution is 0.769. The summed E-state index contributed by atoms with van der Waals surface area (Å²) < 4.78 is 1.83. The minimum absolute atomic E-state index is 0.630. The summed E-state index contributed by atoms with van der Waals surface area (Å²) in [5.74, 6) is 0. The van der Waals surface area contributed by atoms with Crippen molar-refractivity contribution >= 4 is 11.0 Å². The van der Waals surface area contributed by atoms with E-state index >= 15 is 0 Å². The maximum atomic E-state index is 5.64. The van der Waals surface area contributed by atoms with Crippen LogP contribution in [-0.2, 0) is 13.5 Å². The van der Waals surface area contributed by atoms with E-state index in [2.05, 4.69) is 21.1 Å². The van der Waals surface area contributed by atoms with Gasteiger partial charge in [-0.1, -0.05) is 6.07 Å². The van der Waals surface area contributed by atoms with E-state index in [0.29, 0.717) is 6.54 Å². The second-order valence-electron chi connectivity index (χ2n) is 4.35. The largest absolute Gasteiger partial charge is 0.345 e. The first-order valence-electron chi connectivity index (χ1n) is 5.94. The van der Waals surface area contributed by atoms with E-state index in [0.717, 1.165) is 28.7 Å². The van der Waals surface area contributed by atoms with Crippen LogP contribution in [0.3, 0.4) is 0 Å². The van der Waals surface area contributed by atoms with Crippen LogP contribution in [-0.4, -0.2) is 26.3 Å². The quantitative estimate of drug-likeness (QED) is 0.729. The molecule has 2 aromatic heterocycles. The van der Waals surface area contributed by atoms with Crippen LogP contribution in [0.25, 0.3) is 22.3 Å². The number of fused-ring (bicyclic) bond motifs is 1. The lowest BCUT2D eigenvalue weighted by Crippen LogP contribution is -2.02. The third-order valence-corrected chi connectivity index (χ3v) is 3.01. The molecular weight excluding hydrogens is 226 g/mol. The number of aryl methyl sites for hydroxylation is 1. The number of imidazole rings is 1. The third-order valence-electron chi connectivity index (χ3n) is 3.01. The molecule has 0 aliphatic carbocycles. The Bertz CT molecular complexity index is 680. The minimum atomic E-state index is 0.630. The zero-order valence-electron chi connectivity index (χ0n) is 10.2. The molecule has 92 valence electrons. The van der Waals surface area contributed by atoms with Gasteiger partial charge in [-0.15, -0.1) is 0 Å². The number of aromatic nitrogens is 4. The van der Waals surface area contributed by atoms with Gasteiger partial charge in [-0.05, 0) is 30.7 Å². The molecule has 0 bridgehead atoms. The van der Waals surface area contributed by atoms with Crippen LogP contribution in [0.15, 0.2) is 30.7 Å². The molecule has 0 fully saturated rings. The highest BCUT2D eigenvalue weighted by Gasteiger charge is 2.10. The first-order chi connectivity index (χ1) is 8.78. The zero-order chi connectivity index (χ0) is 12.5. The average Bonchev–Trinajstić information content (AvgIpc) is 2.95. The number of hydrogen-bond acceptors (Lipinski definition) is 3. The van der Waals surface area contributed by atoms with Crippen LogP contribution in [0, 0.1) is 0 Å². The van der Waals surface area contributed by atoms with Crippen LogP contribution in [0.2, 0.25) is 0 Å². The number of hydrogen-bond donors (Lipinski definition) is 2. The third kappa shape index (κ3) is 1.78. The van der Waals surface area contributed by atoms with Gasteiger partial charge in [0.05, 0.1) is 23.1 Å². The molecule has 1 aromatic carbocycles. The maximum Gasteiger partial charge on any atom is 0.0956 e. The molecule has 3 aromatic rings. The van der Waals surface area contributed by atoms with Crippen molar-refractivity contribution < 1.29 is 0 Å². The second kappa shape index (κ2) is 4.27. The average molecular weight is 241 g/mol. The number of rotatable bonds is 3. The molecule has 3 rings (SSSR count). The van der Waals surface area contributed by atoms with Crippen LogP contribution < -0.4 is 5.73 Å². The summed E-state index contributed by atoms with van der Waals surface area (Å²) in [5, 5.41) is 4.52. The zero-order valence-corrected chi connectivity index (χ0v) is 10.2. The minimum Gasteiger partial charge on any atom is -0.345 e. The van der Waals surface area contributed by atoms with Crippen LogP contribution in [0.4, 0.5) is 0 Å². The highest BCUT2D eigenvalue weighted by atomic mass is 15.2. The molecule has 18 heavy (non-hydrogen) atoms. The standard InChI is InChI=1S/C13H15N5/c1-18-7-10(4-5-14)13(17-18)9-2-3-11-12(6-9)16-8-15-11/h2-3,6-8H,4-5,14H2,1H3,(H,15,16). The summed E-state index contributed by atoms with van der Waals surface area (Å²) in [4.78, 5) is 7.33. The molecule has 0 spiro atoms. The lowest BCUT2D eigenvalue weighted by atomic mass is 10.1. The SMILES string of the molecule is Cn1cc(CCN)c(-c2ccc3nc[nH]c3c2)n1. The van der Waals surface area contributed by atoms with Crippen molar-refractivity contribution in [3.05, 3.63) is 36.3 Å². The molecule has 0 radical (unpaired) electrons. The molecular formula is C13H15N5.